The van der Waals surface area contributed by atoms with Gasteiger partial charge >= 0.3 is 6.09 Å². The Hall–Kier alpha value is -3.21. The van der Waals surface area contributed by atoms with Gasteiger partial charge in [-0.25, -0.2) is 9.48 Å². The lowest BCUT2D eigenvalue weighted by Gasteiger charge is -2.04. The summed E-state index contributed by atoms with van der Waals surface area (Å²) in [7, 11) is 0. The van der Waals surface area contributed by atoms with E-state index in [0.717, 1.165) is 11.3 Å². The molecule has 1 amide bonds. The zero-order chi connectivity index (χ0) is 16.1. The topological polar surface area (TPSA) is 56.5 Å². The second-order valence-corrected chi connectivity index (χ2v) is 4.91. The van der Waals surface area contributed by atoms with Crippen molar-refractivity contribution in [1.29, 1.82) is 0 Å². The Morgan fingerprint density at radius 3 is 2.48 bits per heavy atom. The molecule has 0 unspecified atom stereocenters. The molecule has 114 valence electrons. The highest BCUT2D eigenvalue weighted by Gasteiger charge is 2.04. The second-order valence-electron chi connectivity index (χ2n) is 4.91. The molecule has 2 aromatic carbocycles. The van der Waals surface area contributed by atoms with Crippen molar-refractivity contribution in [1.82, 2.24) is 9.78 Å². The van der Waals surface area contributed by atoms with Gasteiger partial charge in [-0.15, -0.1) is 0 Å². The maximum atomic E-state index is 11.9. The molecule has 1 aromatic heterocycles. The predicted octanol–water partition coefficient (Wildman–Crippen LogP) is 3.28. The Morgan fingerprint density at radius 1 is 1.04 bits per heavy atom. The van der Waals surface area contributed by atoms with Crippen molar-refractivity contribution in [2.24, 2.45) is 4.99 Å². The largest absolute Gasteiger partial charge is 0.439 e. The van der Waals surface area contributed by atoms with E-state index in [1.54, 1.807) is 23.0 Å². The number of benzene rings is 2. The molecule has 0 saturated heterocycles. The third-order valence-corrected chi connectivity index (χ3v) is 3.23. The van der Waals surface area contributed by atoms with Gasteiger partial charge in [-0.05, 0) is 36.8 Å². The normalized spacial score (nSPS) is 11.3. The Bertz CT molecular complexity index is 866. The van der Waals surface area contributed by atoms with Crippen LogP contribution in [0, 0.1) is 6.92 Å². The van der Waals surface area contributed by atoms with Crippen LogP contribution >= 0.6 is 0 Å². The third kappa shape index (κ3) is 3.71. The van der Waals surface area contributed by atoms with Crippen LogP contribution in [0.15, 0.2) is 78.0 Å². The van der Waals surface area contributed by atoms with E-state index < -0.39 is 6.09 Å². The fourth-order valence-corrected chi connectivity index (χ4v) is 2.04. The van der Waals surface area contributed by atoms with E-state index in [4.69, 9.17) is 4.74 Å². The van der Waals surface area contributed by atoms with Crippen LogP contribution in [-0.4, -0.2) is 15.9 Å². The minimum absolute atomic E-state index is 0.441. The van der Waals surface area contributed by atoms with Gasteiger partial charge in [0.15, 0.2) is 0 Å². The zero-order valence-corrected chi connectivity index (χ0v) is 12.6. The molecule has 3 rings (SSSR count). The van der Waals surface area contributed by atoms with E-state index >= 15 is 0 Å². The molecule has 0 aliphatic rings. The molecule has 0 saturated carbocycles. The number of amides is 1. The van der Waals surface area contributed by atoms with E-state index in [2.05, 4.69) is 10.1 Å². The standard InChI is InChI=1S/C18H15N3O2/c1-14-7-5-6-10-17(14)23-18(22)20-15-11-12-21(19-13-15)16-8-3-2-4-9-16/h2-13H,1H3/b20-15+. The van der Waals surface area contributed by atoms with Crippen molar-refractivity contribution in [2.75, 3.05) is 0 Å². The van der Waals surface area contributed by atoms with Crippen LogP contribution in [0.25, 0.3) is 5.69 Å². The van der Waals surface area contributed by atoms with Gasteiger partial charge in [-0.2, -0.15) is 10.1 Å². The van der Waals surface area contributed by atoms with Crippen molar-refractivity contribution >= 4 is 6.09 Å². The molecule has 0 bridgehead atoms. The Balaban J connectivity index is 1.78. The van der Waals surface area contributed by atoms with E-state index in [1.165, 1.54) is 6.20 Å². The summed E-state index contributed by atoms with van der Waals surface area (Å²) >= 11 is 0. The van der Waals surface area contributed by atoms with E-state index in [-0.39, 0.29) is 0 Å². The fraction of sp³-hybridized carbons (Fsp3) is 0.0556. The van der Waals surface area contributed by atoms with Crippen molar-refractivity contribution in [2.45, 2.75) is 6.92 Å². The highest BCUT2D eigenvalue weighted by atomic mass is 16.5. The average molecular weight is 305 g/mol. The SMILES string of the molecule is Cc1ccccc1OC(=O)/N=c1\ccn(-c2ccccc2)nc1. The average Bonchev–Trinajstić information content (AvgIpc) is 2.58. The lowest BCUT2D eigenvalue weighted by atomic mass is 10.2. The number of carbonyl (C=O) groups is 1. The van der Waals surface area contributed by atoms with Crippen LogP contribution in [0.3, 0.4) is 0 Å². The molecule has 5 nitrogen and oxygen atoms in total. The summed E-state index contributed by atoms with van der Waals surface area (Å²) in [6.45, 7) is 1.87. The maximum Gasteiger partial charge on any atom is 0.439 e. The minimum atomic E-state index is -0.668. The Kier molecular flexibility index (Phi) is 4.29. The molecule has 0 atom stereocenters. The van der Waals surface area contributed by atoms with Gasteiger partial charge in [0.1, 0.15) is 5.75 Å². The molecule has 0 radical (unpaired) electrons. The summed E-state index contributed by atoms with van der Waals surface area (Å²) in [5.74, 6) is 0.504. The van der Waals surface area contributed by atoms with Crippen molar-refractivity contribution < 1.29 is 9.53 Å². The molecule has 0 N–H and O–H groups in total. The summed E-state index contributed by atoms with van der Waals surface area (Å²) in [6, 6.07) is 18.7. The number of carbonyl (C=O) groups excluding carboxylic acids is 1. The van der Waals surface area contributed by atoms with Crippen LogP contribution in [0.1, 0.15) is 5.56 Å². The van der Waals surface area contributed by atoms with E-state index in [1.807, 2.05) is 55.5 Å². The maximum absolute atomic E-state index is 11.9. The number of aromatic nitrogens is 2. The van der Waals surface area contributed by atoms with Gasteiger partial charge in [0.05, 0.1) is 17.2 Å². The first-order chi connectivity index (χ1) is 11.2. The highest BCUT2D eigenvalue weighted by Crippen LogP contribution is 2.16. The molecule has 0 aliphatic heterocycles. The van der Waals surface area contributed by atoms with Gasteiger partial charge in [0.25, 0.3) is 0 Å². The quantitative estimate of drug-likeness (QED) is 0.730. The number of ether oxygens (including phenoxy) is 1. The molecular formula is C18H15N3O2. The summed E-state index contributed by atoms with van der Waals surface area (Å²) in [6.07, 6.45) is 2.60. The predicted molar refractivity (Wildman–Crippen MR) is 86.3 cm³/mol. The number of para-hydroxylation sites is 2. The molecule has 1 heterocycles. The molecule has 5 heteroatoms. The van der Waals surface area contributed by atoms with Gasteiger partial charge in [-0.3, -0.25) is 0 Å². The van der Waals surface area contributed by atoms with Crippen molar-refractivity contribution in [3.8, 4) is 11.4 Å². The van der Waals surface area contributed by atoms with Crippen LogP contribution < -0.4 is 10.1 Å². The second kappa shape index (κ2) is 6.70. The minimum Gasteiger partial charge on any atom is -0.408 e. The van der Waals surface area contributed by atoms with Crippen molar-refractivity contribution in [3.63, 3.8) is 0 Å². The third-order valence-electron chi connectivity index (χ3n) is 3.23. The molecule has 0 fully saturated rings. The monoisotopic (exact) mass is 305 g/mol. The molecule has 0 spiro atoms. The van der Waals surface area contributed by atoms with Crippen LogP contribution in [0.4, 0.5) is 4.79 Å². The number of rotatable bonds is 2. The molecule has 23 heavy (non-hydrogen) atoms. The van der Waals surface area contributed by atoms with Gasteiger partial charge < -0.3 is 4.74 Å². The molecule has 3 aromatic rings. The van der Waals surface area contributed by atoms with Gasteiger partial charge in [0.2, 0.25) is 0 Å². The van der Waals surface area contributed by atoms with Crippen LogP contribution in [0.5, 0.6) is 5.75 Å². The summed E-state index contributed by atoms with van der Waals surface area (Å²) in [4.78, 5) is 15.8. The van der Waals surface area contributed by atoms with Crippen LogP contribution in [-0.2, 0) is 0 Å². The number of aryl methyl sites for hydroxylation is 1. The first-order valence-corrected chi connectivity index (χ1v) is 7.15. The highest BCUT2D eigenvalue weighted by molar-refractivity contribution is 5.71. The van der Waals surface area contributed by atoms with Gasteiger partial charge in [-0.1, -0.05) is 36.4 Å². The molecular weight excluding hydrogens is 290 g/mol. The first-order valence-electron chi connectivity index (χ1n) is 7.15. The first kappa shape index (κ1) is 14.7. The smallest absolute Gasteiger partial charge is 0.408 e. The summed E-state index contributed by atoms with van der Waals surface area (Å²) in [5, 5.41) is 4.68. The Labute approximate surface area is 133 Å². The lowest BCUT2D eigenvalue weighted by molar-refractivity contribution is 0.210. The Morgan fingerprint density at radius 2 is 1.78 bits per heavy atom. The zero-order valence-electron chi connectivity index (χ0n) is 12.6. The fourth-order valence-electron chi connectivity index (χ4n) is 2.04. The van der Waals surface area contributed by atoms with Crippen molar-refractivity contribution in [3.05, 3.63) is 84.0 Å². The van der Waals surface area contributed by atoms with E-state index in [9.17, 15) is 4.79 Å². The summed E-state index contributed by atoms with van der Waals surface area (Å²) in [5.41, 5.74) is 1.81. The molecule has 0 aliphatic carbocycles. The number of hydrogen-bond donors (Lipinski definition) is 0. The van der Waals surface area contributed by atoms with E-state index in [0.29, 0.717) is 11.1 Å². The summed E-state index contributed by atoms with van der Waals surface area (Å²) < 4.78 is 6.92. The number of nitrogens with zero attached hydrogens (tertiary/aromatic N) is 3. The lowest BCUT2D eigenvalue weighted by Crippen LogP contribution is -2.13. The van der Waals surface area contributed by atoms with Crippen LogP contribution in [0.2, 0.25) is 0 Å². The van der Waals surface area contributed by atoms with Gasteiger partial charge in [0, 0.05) is 6.20 Å². The number of hydrogen-bond acceptors (Lipinski definition) is 3.